The molecule has 0 saturated heterocycles. The van der Waals surface area contributed by atoms with Crippen molar-refractivity contribution in [3.8, 4) is 0 Å². The standard InChI is InChI=1S/C21H20FN3O/c1-2-25(15-16-7-4-3-5-8-16)21(26)17-11-20(14-23-13-17)24-19-10-6-9-18(22)12-19/h3-14,24H,2,15H2,1H3. The van der Waals surface area contributed by atoms with Gasteiger partial charge in [-0.15, -0.1) is 0 Å². The Bertz CT molecular complexity index is 883. The zero-order valence-corrected chi connectivity index (χ0v) is 14.5. The number of rotatable bonds is 6. The number of nitrogens with zero attached hydrogens (tertiary/aromatic N) is 2. The maximum atomic E-state index is 13.3. The van der Waals surface area contributed by atoms with Crippen molar-refractivity contribution in [3.63, 3.8) is 0 Å². The summed E-state index contributed by atoms with van der Waals surface area (Å²) in [6.07, 6.45) is 3.15. The highest BCUT2D eigenvalue weighted by molar-refractivity contribution is 5.94. The smallest absolute Gasteiger partial charge is 0.255 e. The van der Waals surface area contributed by atoms with Crippen molar-refractivity contribution in [2.45, 2.75) is 13.5 Å². The topological polar surface area (TPSA) is 45.2 Å². The molecule has 0 spiro atoms. The van der Waals surface area contributed by atoms with E-state index < -0.39 is 0 Å². The predicted molar refractivity (Wildman–Crippen MR) is 101 cm³/mol. The molecule has 1 aromatic heterocycles. The van der Waals surface area contributed by atoms with Gasteiger partial charge in [0, 0.05) is 25.0 Å². The van der Waals surface area contributed by atoms with Crippen molar-refractivity contribution in [1.82, 2.24) is 9.88 Å². The molecule has 0 saturated carbocycles. The molecule has 26 heavy (non-hydrogen) atoms. The molecule has 3 aromatic rings. The molecule has 1 heterocycles. The first kappa shape index (κ1) is 17.6. The summed E-state index contributed by atoms with van der Waals surface area (Å²) in [5.74, 6) is -0.415. The third-order valence-corrected chi connectivity index (χ3v) is 3.98. The Morgan fingerprint density at radius 1 is 1.04 bits per heavy atom. The first-order chi connectivity index (χ1) is 12.7. The highest BCUT2D eigenvalue weighted by atomic mass is 19.1. The average molecular weight is 349 g/mol. The lowest BCUT2D eigenvalue weighted by Gasteiger charge is -2.21. The molecule has 0 aliphatic heterocycles. The molecular formula is C21H20FN3O. The van der Waals surface area contributed by atoms with E-state index in [9.17, 15) is 9.18 Å². The molecule has 0 aliphatic carbocycles. The zero-order chi connectivity index (χ0) is 18.4. The van der Waals surface area contributed by atoms with E-state index in [1.807, 2.05) is 37.3 Å². The number of hydrogen-bond donors (Lipinski definition) is 1. The molecule has 1 N–H and O–H groups in total. The van der Waals surface area contributed by atoms with Crippen LogP contribution in [0, 0.1) is 5.82 Å². The number of halogens is 1. The monoisotopic (exact) mass is 349 g/mol. The number of nitrogens with one attached hydrogen (secondary N) is 1. The van der Waals surface area contributed by atoms with Crippen LogP contribution in [0.5, 0.6) is 0 Å². The van der Waals surface area contributed by atoms with Crippen LogP contribution in [0.15, 0.2) is 73.1 Å². The second kappa shape index (κ2) is 8.25. The van der Waals surface area contributed by atoms with Crippen molar-refractivity contribution in [2.75, 3.05) is 11.9 Å². The van der Waals surface area contributed by atoms with Crippen LogP contribution < -0.4 is 5.32 Å². The van der Waals surface area contributed by atoms with Gasteiger partial charge in [0.15, 0.2) is 0 Å². The number of carbonyl (C=O) groups is 1. The van der Waals surface area contributed by atoms with E-state index in [1.165, 1.54) is 12.1 Å². The number of anilines is 2. The number of carbonyl (C=O) groups excluding carboxylic acids is 1. The lowest BCUT2D eigenvalue weighted by atomic mass is 10.2. The van der Waals surface area contributed by atoms with E-state index in [2.05, 4.69) is 10.3 Å². The van der Waals surface area contributed by atoms with Gasteiger partial charge >= 0.3 is 0 Å². The van der Waals surface area contributed by atoms with Crippen LogP contribution in [0.1, 0.15) is 22.8 Å². The molecule has 3 rings (SSSR count). The minimum Gasteiger partial charge on any atom is -0.354 e. The van der Waals surface area contributed by atoms with Gasteiger partial charge in [0.05, 0.1) is 17.4 Å². The Labute approximate surface area is 152 Å². The summed E-state index contributed by atoms with van der Waals surface area (Å²) in [5, 5.41) is 3.07. The maximum Gasteiger partial charge on any atom is 0.255 e. The molecule has 1 amide bonds. The van der Waals surface area contributed by atoms with Crippen LogP contribution >= 0.6 is 0 Å². The van der Waals surface area contributed by atoms with Crippen molar-refractivity contribution in [3.05, 3.63) is 90.0 Å². The lowest BCUT2D eigenvalue weighted by molar-refractivity contribution is 0.0752. The first-order valence-corrected chi connectivity index (χ1v) is 8.46. The summed E-state index contributed by atoms with van der Waals surface area (Å²) >= 11 is 0. The molecule has 0 aliphatic rings. The third-order valence-electron chi connectivity index (χ3n) is 3.98. The summed E-state index contributed by atoms with van der Waals surface area (Å²) in [5.41, 5.74) is 2.80. The maximum absolute atomic E-state index is 13.3. The molecule has 4 nitrogen and oxygen atoms in total. The van der Waals surface area contributed by atoms with E-state index >= 15 is 0 Å². The van der Waals surface area contributed by atoms with Crippen LogP contribution in [0.2, 0.25) is 0 Å². The van der Waals surface area contributed by atoms with Crippen LogP contribution in [-0.4, -0.2) is 22.3 Å². The first-order valence-electron chi connectivity index (χ1n) is 8.46. The van der Waals surface area contributed by atoms with Gasteiger partial charge < -0.3 is 10.2 Å². The molecule has 0 bridgehead atoms. The molecule has 0 atom stereocenters. The minimum atomic E-state index is -0.324. The van der Waals surface area contributed by atoms with Crippen LogP contribution in [0.4, 0.5) is 15.8 Å². The second-order valence-electron chi connectivity index (χ2n) is 5.90. The molecule has 0 radical (unpaired) electrons. The number of hydrogen-bond acceptors (Lipinski definition) is 3. The Morgan fingerprint density at radius 3 is 2.58 bits per heavy atom. The molecule has 2 aromatic carbocycles. The van der Waals surface area contributed by atoms with Crippen molar-refractivity contribution in [1.29, 1.82) is 0 Å². The van der Waals surface area contributed by atoms with Crippen molar-refractivity contribution in [2.24, 2.45) is 0 Å². The van der Waals surface area contributed by atoms with Gasteiger partial charge in [-0.25, -0.2) is 4.39 Å². The number of amides is 1. The number of pyridine rings is 1. The summed E-state index contributed by atoms with van der Waals surface area (Å²) in [7, 11) is 0. The summed E-state index contributed by atoms with van der Waals surface area (Å²) < 4.78 is 13.3. The lowest BCUT2D eigenvalue weighted by Crippen LogP contribution is -2.30. The largest absolute Gasteiger partial charge is 0.354 e. The predicted octanol–water partition coefficient (Wildman–Crippen LogP) is 4.63. The Balaban J connectivity index is 1.76. The number of aromatic nitrogens is 1. The van der Waals surface area contributed by atoms with Gasteiger partial charge in [0.25, 0.3) is 5.91 Å². The van der Waals surface area contributed by atoms with Gasteiger partial charge in [-0.05, 0) is 36.8 Å². The van der Waals surface area contributed by atoms with E-state index in [0.29, 0.717) is 30.0 Å². The van der Waals surface area contributed by atoms with E-state index in [0.717, 1.165) is 5.56 Å². The van der Waals surface area contributed by atoms with Gasteiger partial charge in [-0.3, -0.25) is 9.78 Å². The van der Waals surface area contributed by atoms with Crippen molar-refractivity contribution < 1.29 is 9.18 Å². The van der Waals surface area contributed by atoms with Crippen LogP contribution in [-0.2, 0) is 6.54 Å². The van der Waals surface area contributed by atoms with Crippen molar-refractivity contribution >= 4 is 17.3 Å². The second-order valence-corrected chi connectivity index (χ2v) is 5.90. The molecule has 5 heteroatoms. The summed E-state index contributed by atoms with van der Waals surface area (Å²) in [4.78, 5) is 18.7. The third kappa shape index (κ3) is 4.45. The quantitative estimate of drug-likeness (QED) is 0.706. The number of benzene rings is 2. The van der Waals surface area contributed by atoms with Crippen LogP contribution in [0.3, 0.4) is 0 Å². The zero-order valence-electron chi connectivity index (χ0n) is 14.5. The van der Waals surface area contributed by atoms with Gasteiger partial charge in [-0.1, -0.05) is 36.4 Å². The molecule has 0 unspecified atom stereocenters. The highest BCUT2D eigenvalue weighted by Crippen LogP contribution is 2.19. The fraction of sp³-hybridized carbons (Fsp3) is 0.143. The molecular weight excluding hydrogens is 329 g/mol. The normalized spacial score (nSPS) is 10.4. The SMILES string of the molecule is CCN(Cc1ccccc1)C(=O)c1cncc(Nc2cccc(F)c2)c1. The molecule has 0 fully saturated rings. The summed E-state index contributed by atoms with van der Waals surface area (Å²) in [6.45, 7) is 3.08. The Morgan fingerprint density at radius 2 is 1.85 bits per heavy atom. The Kier molecular flexibility index (Phi) is 5.59. The fourth-order valence-corrected chi connectivity index (χ4v) is 2.67. The van der Waals surface area contributed by atoms with E-state index in [-0.39, 0.29) is 11.7 Å². The van der Waals surface area contributed by atoms with E-state index in [4.69, 9.17) is 0 Å². The van der Waals surface area contributed by atoms with Gasteiger partial charge in [0.1, 0.15) is 5.82 Å². The summed E-state index contributed by atoms with van der Waals surface area (Å²) in [6, 6.07) is 17.7. The van der Waals surface area contributed by atoms with Crippen LogP contribution in [0.25, 0.3) is 0 Å². The minimum absolute atomic E-state index is 0.0910. The highest BCUT2D eigenvalue weighted by Gasteiger charge is 2.15. The van der Waals surface area contributed by atoms with Gasteiger partial charge in [0.2, 0.25) is 0 Å². The fourth-order valence-electron chi connectivity index (χ4n) is 2.67. The Hall–Kier alpha value is -3.21. The molecule has 132 valence electrons. The van der Waals surface area contributed by atoms with Gasteiger partial charge in [-0.2, -0.15) is 0 Å². The average Bonchev–Trinajstić information content (AvgIpc) is 2.66. The van der Waals surface area contributed by atoms with E-state index in [1.54, 1.807) is 35.5 Å².